The molecule has 1 atom stereocenters. The van der Waals surface area contributed by atoms with Crippen LogP contribution in [0.1, 0.15) is 12.6 Å². The number of benzene rings is 2. The molecule has 0 aliphatic heterocycles. The average Bonchev–Trinajstić information content (AvgIpc) is 2.88. The first kappa shape index (κ1) is 25.6. The third-order valence-corrected chi connectivity index (χ3v) is 5.79. The van der Waals surface area contributed by atoms with E-state index in [4.69, 9.17) is 25.8 Å². The van der Waals surface area contributed by atoms with Crippen LogP contribution in [-0.2, 0) is 11.3 Å². The lowest BCUT2D eigenvalue weighted by atomic mass is 10.2. The van der Waals surface area contributed by atoms with Crippen LogP contribution in [0.15, 0.2) is 67.1 Å². The van der Waals surface area contributed by atoms with Crippen molar-refractivity contribution in [1.82, 2.24) is 19.9 Å². The molecule has 4 rings (SSSR count). The molecule has 0 radical (unpaired) electrons. The van der Waals surface area contributed by atoms with Crippen molar-refractivity contribution in [1.29, 1.82) is 0 Å². The zero-order valence-corrected chi connectivity index (χ0v) is 21.4. The van der Waals surface area contributed by atoms with Gasteiger partial charge in [0.2, 0.25) is 0 Å². The summed E-state index contributed by atoms with van der Waals surface area (Å²) in [5.41, 5.74) is 2.38. The highest BCUT2D eigenvalue weighted by molar-refractivity contribution is 6.32. The minimum absolute atomic E-state index is 0.0458. The number of nitrogens with zero attached hydrogens (tertiary/aromatic N) is 4. The fourth-order valence-corrected chi connectivity index (χ4v) is 4.01. The predicted molar refractivity (Wildman–Crippen MR) is 142 cm³/mol. The van der Waals surface area contributed by atoms with E-state index in [0.717, 1.165) is 35.4 Å². The summed E-state index contributed by atoms with van der Waals surface area (Å²) in [6.45, 7) is 4.64. The second-order valence-corrected chi connectivity index (χ2v) is 8.84. The highest BCUT2D eigenvalue weighted by Gasteiger charge is 2.15. The smallest absolute Gasteiger partial charge is 0.145 e. The van der Waals surface area contributed by atoms with Gasteiger partial charge in [0.1, 0.15) is 36.4 Å². The van der Waals surface area contributed by atoms with Gasteiger partial charge in [0.15, 0.2) is 0 Å². The minimum atomic E-state index is -0.0458. The summed E-state index contributed by atoms with van der Waals surface area (Å²) in [6, 6.07) is 17.0. The molecule has 0 saturated carbocycles. The van der Waals surface area contributed by atoms with E-state index >= 15 is 0 Å². The number of anilines is 2. The van der Waals surface area contributed by atoms with E-state index in [1.807, 2.05) is 62.5 Å². The molecule has 2 aromatic carbocycles. The van der Waals surface area contributed by atoms with Crippen LogP contribution in [-0.4, -0.2) is 59.8 Å². The van der Waals surface area contributed by atoms with E-state index in [-0.39, 0.29) is 6.10 Å². The Bertz CT molecular complexity index is 1270. The topological polar surface area (TPSA) is 81.6 Å². The number of methoxy groups -OCH3 is 1. The maximum atomic E-state index is 6.51. The van der Waals surface area contributed by atoms with Gasteiger partial charge in [-0.1, -0.05) is 23.7 Å². The van der Waals surface area contributed by atoms with E-state index in [1.165, 1.54) is 6.33 Å². The summed E-state index contributed by atoms with van der Waals surface area (Å²) in [4.78, 5) is 15.4. The summed E-state index contributed by atoms with van der Waals surface area (Å²) in [7, 11) is 3.75. The summed E-state index contributed by atoms with van der Waals surface area (Å²) >= 11 is 6.51. The van der Waals surface area contributed by atoms with Gasteiger partial charge < -0.3 is 24.4 Å². The van der Waals surface area contributed by atoms with Gasteiger partial charge in [0, 0.05) is 32.1 Å². The van der Waals surface area contributed by atoms with Crippen LogP contribution in [0.25, 0.3) is 10.9 Å². The number of fused-ring (bicyclic) bond motifs is 1. The molecule has 2 aromatic heterocycles. The maximum absolute atomic E-state index is 6.51. The van der Waals surface area contributed by atoms with Crippen LogP contribution < -0.4 is 14.8 Å². The number of rotatable bonds is 12. The first-order chi connectivity index (χ1) is 17.5. The van der Waals surface area contributed by atoms with Crippen molar-refractivity contribution in [2.24, 2.45) is 0 Å². The van der Waals surface area contributed by atoms with Crippen molar-refractivity contribution >= 4 is 34.0 Å². The Hall–Kier alpha value is -3.46. The number of likely N-dealkylation sites (N-methyl/N-ethyl adjacent to an activating group) is 1. The zero-order chi connectivity index (χ0) is 25.3. The molecule has 0 aliphatic rings. The van der Waals surface area contributed by atoms with Crippen LogP contribution in [0, 0.1) is 0 Å². The Labute approximate surface area is 216 Å². The molecule has 0 bridgehead atoms. The van der Waals surface area contributed by atoms with Gasteiger partial charge in [0.05, 0.1) is 28.2 Å². The van der Waals surface area contributed by atoms with Crippen molar-refractivity contribution in [3.05, 3.63) is 77.8 Å². The normalized spacial score (nSPS) is 12.0. The lowest BCUT2D eigenvalue weighted by molar-refractivity contribution is 0.125. The molecule has 9 heteroatoms. The molecule has 188 valence electrons. The molecule has 4 aromatic rings. The fraction of sp³-hybridized carbons (Fsp3) is 0.296. The highest BCUT2D eigenvalue weighted by Crippen LogP contribution is 2.34. The SMILES string of the molecule is COCCN(C)CC(C)Oc1cccc2ncnc(Nc3ccc(OCc4ccccn4)c(Cl)c3)c12. The van der Waals surface area contributed by atoms with Crippen LogP contribution >= 0.6 is 11.6 Å². The summed E-state index contributed by atoms with van der Waals surface area (Å²) in [5, 5.41) is 4.65. The Kier molecular flexibility index (Phi) is 8.89. The number of pyridine rings is 1. The number of nitrogens with one attached hydrogen (secondary N) is 1. The van der Waals surface area contributed by atoms with Gasteiger partial charge >= 0.3 is 0 Å². The van der Waals surface area contributed by atoms with Gasteiger partial charge in [-0.15, -0.1) is 0 Å². The van der Waals surface area contributed by atoms with Crippen LogP contribution in [0.4, 0.5) is 11.5 Å². The Morgan fingerprint density at radius 1 is 1.03 bits per heavy atom. The van der Waals surface area contributed by atoms with E-state index in [9.17, 15) is 0 Å². The molecule has 0 saturated heterocycles. The minimum Gasteiger partial charge on any atom is -0.489 e. The Morgan fingerprint density at radius 2 is 1.92 bits per heavy atom. The zero-order valence-electron chi connectivity index (χ0n) is 20.6. The Balaban J connectivity index is 1.50. The van der Waals surface area contributed by atoms with Crippen molar-refractivity contribution in [3.63, 3.8) is 0 Å². The van der Waals surface area contributed by atoms with Crippen LogP contribution in [0.3, 0.4) is 0 Å². The van der Waals surface area contributed by atoms with Gasteiger partial charge in [-0.05, 0) is 56.4 Å². The molecule has 2 heterocycles. The van der Waals surface area contributed by atoms with Gasteiger partial charge in [-0.2, -0.15) is 0 Å². The summed E-state index contributed by atoms with van der Waals surface area (Å²) in [6.07, 6.45) is 3.22. The first-order valence-electron chi connectivity index (χ1n) is 11.7. The monoisotopic (exact) mass is 507 g/mol. The number of hydrogen-bond acceptors (Lipinski definition) is 8. The second-order valence-electron chi connectivity index (χ2n) is 8.44. The molecule has 8 nitrogen and oxygen atoms in total. The summed E-state index contributed by atoms with van der Waals surface area (Å²) < 4.78 is 17.3. The lowest BCUT2D eigenvalue weighted by Crippen LogP contribution is -2.33. The lowest BCUT2D eigenvalue weighted by Gasteiger charge is -2.23. The van der Waals surface area contributed by atoms with E-state index < -0.39 is 0 Å². The number of aromatic nitrogens is 3. The van der Waals surface area contributed by atoms with E-state index in [0.29, 0.717) is 35.6 Å². The maximum Gasteiger partial charge on any atom is 0.145 e. The standard InChI is InChI=1S/C27H30ClN5O3/c1-19(16-33(2)13-14-34-3)36-25-9-6-8-23-26(25)27(31-18-30-23)32-20-10-11-24(22(28)15-20)35-17-21-7-4-5-12-29-21/h4-12,15,18-19H,13-14,16-17H2,1-3H3,(H,30,31,32). The molecule has 1 N–H and O–H groups in total. The van der Waals surface area contributed by atoms with E-state index in [1.54, 1.807) is 19.4 Å². The molecule has 1 unspecified atom stereocenters. The van der Waals surface area contributed by atoms with Gasteiger partial charge in [-0.3, -0.25) is 4.98 Å². The van der Waals surface area contributed by atoms with E-state index in [2.05, 4.69) is 25.2 Å². The quantitative estimate of drug-likeness (QED) is 0.275. The molecular weight excluding hydrogens is 478 g/mol. The van der Waals surface area contributed by atoms with Crippen molar-refractivity contribution in [2.75, 3.05) is 39.2 Å². The van der Waals surface area contributed by atoms with Crippen molar-refractivity contribution in [2.45, 2.75) is 19.6 Å². The van der Waals surface area contributed by atoms with Crippen molar-refractivity contribution < 1.29 is 14.2 Å². The number of ether oxygens (including phenoxy) is 3. The van der Waals surface area contributed by atoms with Gasteiger partial charge in [-0.25, -0.2) is 9.97 Å². The molecule has 0 amide bonds. The molecule has 0 spiro atoms. The number of halogens is 1. The second kappa shape index (κ2) is 12.5. The number of hydrogen-bond donors (Lipinski definition) is 1. The first-order valence-corrected chi connectivity index (χ1v) is 12.1. The van der Waals surface area contributed by atoms with Gasteiger partial charge in [0.25, 0.3) is 0 Å². The largest absolute Gasteiger partial charge is 0.489 e. The highest BCUT2D eigenvalue weighted by atomic mass is 35.5. The molecular formula is C27H30ClN5O3. The molecule has 36 heavy (non-hydrogen) atoms. The van der Waals surface area contributed by atoms with Crippen molar-refractivity contribution in [3.8, 4) is 11.5 Å². The van der Waals surface area contributed by atoms with Crippen LogP contribution in [0.2, 0.25) is 5.02 Å². The third kappa shape index (κ3) is 6.81. The van der Waals surface area contributed by atoms with Crippen LogP contribution in [0.5, 0.6) is 11.5 Å². The average molecular weight is 508 g/mol. The third-order valence-electron chi connectivity index (χ3n) is 5.50. The molecule has 0 aliphatic carbocycles. The summed E-state index contributed by atoms with van der Waals surface area (Å²) in [5.74, 6) is 1.93. The molecule has 0 fully saturated rings. The Morgan fingerprint density at radius 3 is 2.69 bits per heavy atom. The predicted octanol–water partition coefficient (Wildman–Crippen LogP) is 5.35. The fourth-order valence-electron chi connectivity index (χ4n) is 3.77.